The van der Waals surface area contributed by atoms with Crippen molar-refractivity contribution in [3.63, 3.8) is 0 Å². The van der Waals surface area contributed by atoms with Gasteiger partial charge in [0.1, 0.15) is 0 Å². The minimum atomic E-state index is -0.0905. The van der Waals surface area contributed by atoms with Gasteiger partial charge in [-0.3, -0.25) is 4.79 Å². The molecule has 4 heteroatoms. The smallest absolute Gasteiger partial charge is 0.230 e. The molecule has 1 N–H and O–H groups in total. The zero-order valence-corrected chi connectivity index (χ0v) is 10.2. The number of halogens is 1. The van der Waals surface area contributed by atoms with Gasteiger partial charge in [0, 0.05) is 10.9 Å². The van der Waals surface area contributed by atoms with Gasteiger partial charge in [-0.15, -0.1) is 0 Å². The molecular formula is C8H16BrNOS. The summed E-state index contributed by atoms with van der Waals surface area (Å²) in [5.41, 5.74) is -0.0905. The summed E-state index contributed by atoms with van der Waals surface area (Å²) in [6.45, 7) is 4.11. The summed E-state index contributed by atoms with van der Waals surface area (Å²) >= 11 is 4.93. The summed E-state index contributed by atoms with van der Waals surface area (Å²) in [5.74, 6) is 0.661. The largest absolute Gasteiger partial charge is 0.349 e. The van der Waals surface area contributed by atoms with Crippen LogP contribution in [-0.4, -0.2) is 28.8 Å². The van der Waals surface area contributed by atoms with Gasteiger partial charge >= 0.3 is 0 Å². The molecular weight excluding hydrogens is 238 g/mol. The predicted molar refractivity (Wildman–Crippen MR) is 59.0 cm³/mol. The van der Waals surface area contributed by atoms with Crippen LogP contribution in [0.3, 0.4) is 0 Å². The van der Waals surface area contributed by atoms with E-state index in [9.17, 15) is 4.79 Å². The highest BCUT2D eigenvalue weighted by Gasteiger charge is 2.21. The Morgan fingerprint density at radius 2 is 2.25 bits per heavy atom. The molecule has 0 radical (unpaired) electrons. The molecule has 0 saturated heterocycles. The van der Waals surface area contributed by atoms with Crippen molar-refractivity contribution in [2.75, 3.05) is 17.3 Å². The highest BCUT2D eigenvalue weighted by atomic mass is 79.9. The van der Waals surface area contributed by atoms with E-state index >= 15 is 0 Å². The van der Waals surface area contributed by atoms with Gasteiger partial charge in [0.15, 0.2) is 0 Å². The molecule has 72 valence electrons. The van der Waals surface area contributed by atoms with Crippen molar-refractivity contribution in [1.82, 2.24) is 5.32 Å². The lowest BCUT2D eigenvalue weighted by Gasteiger charge is -2.27. The number of amides is 1. The maximum absolute atomic E-state index is 11.2. The number of hydrogen-bond acceptors (Lipinski definition) is 2. The lowest BCUT2D eigenvalue weighted by Crippen LogP contribution is -2.47. The highest BCUT2D eigenvalue weighted by molar-refractivity contribution is 9.09. The number of hydrogen-bond donors (Lipinski definition) is 1. The van der Waals surface area contributed by atoms with Crippen LogP contribution in [0.15, 0.2) is 0 Å². The van der Waals surface area contributed by atoms with Crippen molar-refractivity contribution in [2.45, 2.75) is 25.8 Å². The molecule has 0 aromatic heterocycles. The molecule has 0 heterocycles. The molecule has 0 rings (SSSR count). The standard InChI is InChI=1S/C8H16BrNOS/c1-4-8(2,6-9)10-7(11)5-12-3/h4-6H2,1-3H3,(H,10,11). The van der Waals surface area contributed by atoms with Crippen molar-refractivity contribution in [2.24, 2.45) is 0 Å². The number of carbonyl (C=O) groups excluding carboxylic acids is 1. The molecule has 0 aliphatic heterocycles. The van der Waals surface area contributed by atoms with Gasteiger partial charge in [-0.05, 0) is 19.6 Å². The molecule has 0 aliphatic rings. The Morgan fingerprint density at radius 1 is 1.67 bits per heavy atom. The molecule has 0 bridgehead atoms. The van der Waals surface area contributed by atoms with Gasteiger partial charge in [0.05, 0.1) is 5.75 Å². The summed E-state index contributed by atoms with van der Waals surface area (Å²) in [6.07, 6.45) is 2.87. The van der Waals surface area contributed by atoms with Crippen molar-refractivity contribution in [1.29, 1.82) is 0 Å². The normalized spacial score (nSPS) is 15.3. The SMILES string of the molecule is CCC(C)(CBr)NC(=O)CSC. The monoisotopic (exact) mass is 253 g/mol. The van der Waals surface area contributed by atoms with Gasteiger partial charge in [0.25, 0.3) is 0 Å². The number of thioether (sulfide) groups is 1. The number of nitrogens with one attached hydrogen (secondary N) is 1. The van der Waals surface area contributed by atoms with E-state index < -0.39 is 0 Å². The Hall–Kier alpha value is 0.300. The van der Waals surface area contributed by atoms with E-state index in [2.05, 4.69) is 28.2 Å². The molecule has 1 amide bonds. The molecule has 0 aromatic rings. The summed E-state index contributed by atoms with van der Waals surface area (Å²) < 4.78 is 0. The van der Waals surface area contributed by atoms with E-state index in [0.717, 1.165) is 11.8 Å². The van der Waals surface area contributed by atoms with Crippen LogP contribution in [0.4, 0.5) is 0 Å². The van der Waals surface area contributed by atoms with Crippen LogP contribution >= 0.6 is 27.7 Å². The van der Waals surface area contributed by atoms with Crippen LogP contribution in [0.5, 0.6) is 0 Å². The van der Waals surface area contributed by atoms with E-state index in [1.165, 1.54) is 0 Å². The van der Waals surface area contributed by atoms with Crippen molar-refractivity contribution in [3.8, 4) is 0 Å². The third kappa shape index (κ3) is 4.36. The molecule has 1 unspecified atom stereocenters. The first-order chi connectivity index (χ1) is 5.58. The number of carbonyl (C=O) groups is 1. The number of alkyl halides is 1. The van der Waals surface area contributed by atoms with Crippen LogP contribution in [-0.2, 0) is 4.79 Å². The van der Waals surface area contributed by atoms with Gasteiger partial charge < -0.3 is 5.32 Å². The maximum Gasteiger partial charge on any atom is 0.230 e. The molecule has 0 saturated carbocycles. The topological polar surface area (TPSA) is 29.1 Å². The fourth-order valence-electron chi connectivity index (χ4n) is 0.720. The Labute approximate surface area is 87.0 Å². The lowest BCUT2D eigenvalue weighted by molar-refractivity contribution is -0.120. The highest BCUT2D eigenvalue weighted by Crippen LogP contribution is 2.12. The lowest BCUT2D eigenvalue weighted by atomic mass is 10.0. The van der Waals surface area contributed by atoms with Crippen LogP contribution in [0.2, 0.25) is 0 Å². The fourth-order valence-corrected chi connectivity index (χ4v) is 1.59. The molecule has 1 atom stereocenters. The van der Waals surface area contributed by atoms with Gasteiger partial charge in [0.2, 0.25) is 5.91 Å². The second-order valence-electron chi connectivity index (χ2n) is 3.03. The van der Waals surface area contributed by atoms with Crippen LogP contribution in [0.25, 0.3) is 0 Å². The Balaban J connectivity index is 3.93. The van der Waals surface area contributed by atoms with E-state index in [0.29, 0.717) is 5.75 Å². The molecule has 0 spiro atoms. The zero-order valence-electron chi connectivity index (χ0n) is 7.82. The zero-order chi connectivity index (χ0) is 9.61. The third-order valence-electron chi connectivity index (χ3n) is 1.79. The minimum absolute atomic E-state index is 0.0905. The van der Waals surface area contributed by atoms with E-state index in [4.69, 9.17) is 0 Å². The second-order valence-corrected chi connectivity index (χ2v) is 4.46. The number of rotatable bonds is 5. The Bertz CT molecular complexity index is 148. The molecule has 0 aromatic carbocycles. The summed E-state index contributed by atoms with van der Waals surface area (Å²) in [5, 5.41) is 3.79. The van der Waals surface area contributed by atoms with Crippen LogP contribution in [0, 0.1) is 0 Å². The van der Waals surface area contributed by atoms with Crippen molar-refractivity contribution >= 4 is 33.6 Å². The molecule has 2 nitrogen and oxygen atoms in total. The summed E-state index contributed by atoms with van der Waals surface area (Å²) in [4.78, 5) is 11.2. The Kier molecular flexibility index (Phi) is 6.01. The van der Waals surface area contributed by atoms with Gasteiger partial charge in [-0.1, -0.05) is 22.9 Å². The predicted octanol–water partition coefficient (Wildman–Crippen LogP) is 2.03. The second kappa shape index (κ2) is 5.86. The average Bonchev–Trinajstić information content (AvgIpc) is 2.05. The van der Waals surface area contributed by atoms with Crippen molar-refractivity contribution in [3.05, 3.63) is 0 Å². The average molecular weight is 254 g/mol. The Morgan fingerprint density at radius 3 is 2.58 bits per heavy atom. The fraction of sp³-hybridized carbons (Fsp3) is 0.875. The maximum atomic E-state index is 11.2. The van der Waals surface area contributed by atoms with Gasteiger partial charge in [-0.2, -0.15) is 11.8 Å². The van der Waals surface area contributed by atoms with Crippen LogP contribution in [0.1, 0.15) is 20.3 Å². The minimum Gasteiger partial charge on any atom is -0.349 e. The molecule has 0 fully saturated rings. The molecule has 12 heavy (non-hydrogen) atoms. The van der Waals surface area contributed by atoms with Gasteiger partial charge in [-0.25, -0.2) is 0 Å². The quantitative estimate of drug-likeness (QED) is 0.760. The van der Waals surface area contributed by atoms with E-state index in [1.54, 1.807) is 11.8 Å². The first-order valence-electron chi connectivity index (χ1n) is 3.94. The summed E-state index contributed by atoms with van der Waals surface area (Å²) in [6, 6.07) is 0. The van der Waals surface area contributed by atoms with Crippen LogP contribution < -0.4 is 5.32 Å². The summed E-state index contributed by atoms with van der Waals surface area (Å²) in [7, 11) is 0. The van der Waals surface area contributed by atoms with Crippen molar-refractivity contribution < 1.29 is 4.79 Å². The first kappa shape index (κ1) is 12.3. The molecule has 0 aliphatic carbocycles. The van der Waals surface area contributed by atoms with E-state index in [1.807, 2.05) is 13.2 Å². The third-order valence-corrected chi connectivity index (χ3v) is 3.58. The first-order valence-corrected chi connectivity index (χ1v) is 6.45. The van der Waals surface area contributed by atoms with E-state index in [-0.39, 0.29) is 11.4 Å².